The third-order valence-electron chi connectivity index (χ3n) is 6.75. The van der Waals surface area contributed by atoms with Gasteiger partial charge in [-0.3, -0.25) is 14.4 Å². The molecule has 0 aliphatic rings. The molecule has 12 heteroatoms. The topological polar surface area (TPSA) is 189 Å². The van der Waals surface area contributed by atoms with E-state index in [1.54, 1.807) is 88.4 Å². The molecule has 0 unspecified atom stereocenters. The lowest BCUT2D eigenvalue weighted by atomic mass is 9.96. The van der Waals surface area contributed by atoms with Crippen LogP contribution < -0.4 is 9.47 Å². The second kappa shape index (κ2) is 21.9. The summed E-state index contributed by atoms with van der Waals surface area (Å²) in [6, 6.07) is 22.1. The van der Waals surface area contributed by atoms with E-state index < -0.39 is 16.8 Å². The molecule has 0 amide bonds. The average Bonchev–Trinajstić information content (AvgIpc) is 3.11. The van der Waals surface area contributed by atoms with Crippen LogP contribution in [-0.2, 0) is 9.47 Å². The first kappa shape index (κ1) is 44.0. The van der Waals surface area contributed by atoms with E-state index in [1.165, 1.54) is 13.8 Å². The van der Waals surface area contributed by atoms with Crippen LogP contribution >= 0.6 is 0 Å². The van der Waals surface area contributed by atoms with Crippen LogP contribution in [0.15, 0.2) is 78.9 Å². The molecule has 0 heterocycles. The van der Waals surface area contributed by atoms with E-state index in [2.05, 4.69) is 0 Å². The van der Waals surface area contributed by atoms with Gasteiger partial charge >= 0.3 is 0 Å². The maximum Gasteiger partial charge on any atom is 0.194 e. The Balaban J connectivity index is 0.000000378. The number of carbonyl (C=O) groups excluding carboxylic acids is 3. The molecule has 12 nitrogen and oxygen atoms in total. The summed E-state index contributed by atoms with van der Waals surface area (Å²) in [7, 11) is 0. The van der Waals surface area contributed by atoms with Crippen molar-refractivity contribution >= 4 is 17.3 Å². The maximum atomic E-state index is 12.2. The zero-order valence-electron chi connectivity index (χ0n) is 29.8. The lowest BCUT2D eigenvalue weighted by Gasteiger charge is -2.23. The first-order chi connectivity index (χ1) is 23.5. The van der Waals surface area contributed by atoms with Gasteiger partial charge in [0.1, 0.15) is 41.5 Å². The average molecular weight is 701 g/mol. The van der Waals surface area contributed by atoms with Crippen molar-refractivity contribution < 1.29 is 58.9 Å². The summed E-state index contributed by atoms with van der Waals surface area (Å²) in [5, 5.41) is 44.1. The van der Waals surface area contributed by atoms with E-state index in [9.17, 15) is 19.5 Å². The van der Waals surface area contributed by atoms with Gasteiger partial charge in [-0.1, -0.05) is 30.3 Å². The zero-order valence-corrected chi connectivity index (χ0v) is 29.8. The third kappa shape index (κ3) is 15.7. The van der Waals surface area contributed by atoms with Crippen molar-refractivity contribution in [1.29, 1.82) is 0 Å². The largest absolute Gasteiger partial charge is 0.491 e. The molecular weight excluding hydrogens is 648 g/mol. The quantitative estimate of drug-likeness (QED) is 0.121. The van der Waals surface area contributed by atoms with Crippen LogP contribution in [0.25, 0.3) is 0 Å². The van der Waals surface area contributed by atoms with Gasteiger partial charge in [-0.15, -0.1) is 0 Å². The van der Waals surface area contributed by atoms with Gasteiger partial charge in [-0.25, -0.2) is 0 Å². The van der Waals surface area contributed by atoms with Crippen molar-refractivity contribution in [2.45, 2.75) is 58.3 Å². The number of aliphatic hydroxyl groups excluding tert-OH is 4. The minimum atomic E-state index is -1.37. The normalized spacial score (nSPS) is 11.3. The van der Waals surface area contributed by atoms with Crippen molar-refractivity contribution in [1.82, 2.24) is 0 Å². The Kier molecular flexibility index (Phi) is 19.3. The Morgan fingerprint density at radius 1 is 0.480 bits per heavy atom. The van der Waals surface area contributed by atoms with Crippen LogP contribution in [0.4, 0.5) is 0 Å². The van der Waals surface area contributed by atoms with Crippen molar-refractivity contribution in [2.75, 3.05) is 52.9 Å². The summed E-state index contributed by atoms with van der Waals surface area (Å²) in [6.07, 6.45) is 0. The van der Waals surface area contributed by atoms with Gasteiger partial charge < -0.3 is 44.5 Å². The second-order valence-electron chi connectivity index (χ2n) is 12.3. The molecule has 0 saturated carbocycles. The predicted octanol–water partition coefficient (Wildman–Crippen LogP) is 3.70. The molecule has 0 aliphatic heterocycles. The van der Waals surface area contributed by atoms with E-state index >= 15 is 0 Å². The molecule has 3 aromatic carbocycles. The summed E-state index contributed by atoms with van der Waals surface area (Å²) in [6.45, 7) is 10.1. The van der Waals surface area contributed by atoms with E-state index in [0.717, 1.165) is 0 Å². The highest BCUT2D eigenvalue weighted by Gasteiger charge is 2.30. The molecule has 0 saturated heterocycles. The summed E-state index contributed by atoms with van der Waals surface area (Å²) >= 11 is 0. The fourth-order valence-corrected chi connectivity index (χ4v) is 4.10. The first-order valence-electron chi connectivity index (χ1n) is 16.1. The fraction of sp³-hybridized carbons (Fsp3) is 0.447. The number of carbonyl (C=O) groups is 3. The van der Waals surface area contributed by atoms with Crippen molar-refractivity contribution in [3.8, 4) is 11.5 Å². The minimum Gasteiger partial charge on any atom is -0.491 e. The van der Waals surface area contributed by atoms with Gasteiger partial charge in [0, 0.05) is 16.7 Å². The summed E-state index contributed by atoms with van der Waals surface area (Å²) in [5.74, 6) is 0.619. The molecule has 0 radical (unpaired) electrons. The fourth-order valence-electron chi connectivity index (χ4n) is 4.10. The Hall–Kier alpha value is -4.01. The molecule has 0 fully saturated rings. The number of hydrogen-bond acceptors (Lipinski definition) is 12. The van der Waals surface area contributed by atoms with E-state index in [4.69, 9.17) is 39.4 Å². The monoisotopic (exact) mass is 700 g/mol. The first-order valence-corrected chi connectivity index (χ1v) is 16.1. The summed E-state index contributed by atoms with van der Waals surface area (Å²) in [4.78, 5) is 35.8. The Morgan fingerprint density at radius 3 is 1.12 bits per heavy atom. The van der Waals surface area contributed by atoms with E-state index in [0.29, 0.717) is 28.2 Å². The van der Waals surface area contributed by atoms with Gasteiger partial charge in [0.25, 0.3) is 0 Å². The minimum absolute atomic E-state index is 0.0512. The van der Waals surface area contributed by atoms with Gasteiger partial charge in [-0.2, -0.15) is 0 Å². The zero-order chi connectivity index (χ0) is 37.8. The number of ether oxygens (including phenoxy) is 4. The number of hydrogen-bond donors (Lipinski definition) is 5. The molecule has 0 aliphatic carbocycles. The standard InChI is InChI=1S/C14H20O5.C12H16O4.C12H16O3/c1-14(2,19-10-8-16)13(17)11-3-5-12(6-4-11)18-9-7-15;1-12(2,15)11(14)9-3-5-10(6-4-9)16-8-7-13;1-12(2,15-9-8-13)11(14)10-6-4-3-5-7-10/h3-6,15-16H,7-10H2,1-2H3;3-6,13,15H,7-8H2,1-2H3;3-7,13H,8-9H2,1-2H3. The van der Waals surface area contributed by atoms with Crippen LogP contribution in [0.2, 0.25) is 0 Å². The maximum absolute atomic E-state index is 12.2. The smallest absolute Gasteiger partial charge is 0.194 e. The molecule has 0 spiro atoms. The lowest BCUT2D eigenvalue weighted by Crippen LogP contribution is -2.36. The lowest BCUT2D eigenvalue weighted by molar-refractivity contribution is -0.0174. The van der Waals surface area contributed by atoms with Crippen LogP contribution in [-0.4, -0.2) is 113 Å². The third-order valence-corrected chi connectivity index (χ3v) is 6.75. The van der Waals surface area contributed by atoms with E-state index in [-0.39, 0.29) is 70.2 Å². The van der Waals surface area contributed by atoms with Crippen LogP contribution in [0.5, 0.6) is 11.5 Å². The SMILES string of the molecule is CC(C)(O)C(=O)c1ccc(OCCO)cc1.CC(C)(OCCO)C(=O)c1ccc(OCCO)cc1.CC(C)(OCCO)C(=O)c1ccccc1. The highest BCUT2D eigenvalue weighted by atomic mass is 16.5. The van der Waals surface area contributed by atoms with Crippen LogP contribution in [0.3, 0.4) is 0 Å². The van der Waals surface area contributed by atoms with E-state index in [1.807, 2.05) is 18.2 Å². The summed E-state index contributed by atoms with van der Waals surface area (Å²) in [5.41, 5.74) is -1.66. The molecule has 5 N–H and O–H groups in total. The molecule has 276 valence electrons. The molecule has 3 aromatic rings. The van der Waals surface area contributed by atoms with Crippen molar-refractivity contribution in [2.24, 2.45) is 0 Å². The van der Waals surface area contributed by atoms with Gasteiger partial charge in [-0.05, 0) is 90.1 Å². The molecule has 0 aromatic heterocycles. The number of aliphatic hydroxyl groups is 5. The van der Waals surface area contributed by atoms with Crippen molar-refractivity contribution in [3.63, 3.8) is 0 Å². The molecule has 0 atom stereocenters. The number of ketones is 3. The van der Waals surface area contributed by atoms with Gasteiger partial charge in [0.05, 0.1) is 39.6 Å². The number of benzene rings is 3. The highest BCUT2D eigenvalue weighted by molar-refractivity contribution is 6.03. The molecule has 50 heavy (non-hydrogen) atoms. The van der Waals surface area contributed by atoms with Crippen molar-refractivity contribution in [3.05, 3.63) is 95.6 Å². The number of Topliss-reactive ketones (excluding diaryl/α,β-unsaturated/α-hetero) is 3. The van der Waals surface area contributed by atoms with Gasteiger partial charge in [0.2, 0.25) is 0 Å². The summed E-state index contributed by atoms with van der Waals surface area (Å²) < 4.78 is 21.0. The van der Waals surface area contributed by atoms with Gasteiger partial charge in [0.15, 0.2) is 17.3 Å². The highest BCUT2D eigenvalue weighted by Crippen LogP contribution is 2.21. The molecule has 0 bridgehead atoms. The Labute approximate surface area is 294 Å². The Bertz CT molecular complexity index is 1410. The van der Waals surface area contributed by atoms with Crippen LogP contribution in [0.1, 0.15) is 72.6 Å². The van der Waals surface area contributed by atoms with Crippen LogP contribution in [0, 0.1) is 0 Å². The Morgan fingerprint density at radius 2 is 0.800 bits per heavy atom. The molecule has 3 rings (SSSR count). The molecular formula is C38H52O12. The number of rotatable bonds is 18. The second-order valence-corrected chi connectivity index (χ2v) is 12.3. The predicted molar refractivity (Wildman–Crippen MR) is 188 cm³/mol.